The van der Waals surface area contributed by atoms with Crippen molar-refractivity contribution in [2.75, 3.05) is 11.4 Å². The maximum absolute atomic E-state index is 11.8. The molecule has 0 aromatic heterocycles. The summed E-state index contributed by atoms with van der Waals surface area (Å²) in [4.78, 5) is 24.4. The van der Waals surface area contributed by atoms with Crippen molar-refractivity contribution in [1.29, 1.82) is 0 Å². The van der Waals surface area contributed by atoms with Crippen molar-refractivity contribution >= 4 is 17.4 Å². The van der Waals surface area contributed by atoms with Gasteiger partial charge in [-0.15, -0.1) is 0 Å². The van der Waals surface area contributed by atoms with Gasteiger partial charge in [-0.25, -0.2) is 0 Å². The summed E-state index contributed by atoms with van der Waals surface area (Å²) in [7, 11) is 0. The fraction of sp³-hybridized carbons (Fsp3) is 0.385. The van der Waals surface area contributed by atoms with Crippen LogP contribution in [-0.4, -0.2) is 18.2 Å². The molecular weight excluding hydrogens is 202 g/mol. The highest BCUT2D eigenvalue weighted by atomic mass is 16.2. The predicted molar refractivity (Wildman–Crippen MR) is 64.5 cm³/mol. The van der Waals surface area contributed by atoms with E-state index in [0.29, 0.717) is 6.54 Å². The van der Waals surface area contributed by atoms with Crippen LogP contribution in [0.1, 0.15) is 25.8 Å². The minimum Gasteiger partial charge on any atom is -0.312 e. The Kier molecular flexibility index (Phi) is 4.23. The number of hydrogen-bond acceptors (Lipinski definition) is 2. The third-order valence-corrected chi connectivity index (χ3v) is 2.42. The van der Waals surface area contributed by atoms with E-state index in [1.165, 1.54) is 6.92 Å². The number of para-hydroxylation sites is 1. The van der Waals surface area contributed by atoms with Crippen molar-refractivity contribution < 1.29 is 9.59 Å². The summed E-state index contributed by atoms with van der Waals surface area (Å²) in [6.07, 6.45) is -0.0256. The van der Waals surface area contributed by atoms with Gasteiger partial charge in [0.1, 0.15) is 5.78 Å². The zero-order chi connectivity index (χ0) is 12.1. The number of ketones is 1. The van der Waals surface area contributed by atoms with Crippen LogP contribution in [-0.2, 0) is 9.59 Å². The van der Waals surface area contributed by atoms with Crippen LogP contribution in [0.3, 0.4) is 0 Å². The van der Waals surface area contributed by atoms with Crippen LogP contribution in [0.25, 0.3) is 0 Å². The Balaban J connectivity index is 2.94. The van der Waals surface area contributed by atoms with Crippen LogP contribution in [0.4, 0.5) is 5.69 Å². The van der Waals surface area contributed by atoms with Gasteiger partial charge >= 0.3 is 0 Å². The van der Waals surface area contributed by atoms with Crippen LogP contribution in [0.15, 0.2) is 24.3 Å². The Morgan fingerprint density at radius 2 is 1.88 bits per heavy atom. The predicted octanol–water partition coefficient (Wildman–Crippen LogP) is 2.33. The van der Waals surface area contributed by atoms with E-state index in [0.717, 1.165) is 11.3 Å². The smallest absolute Gasteiger partial charge is 0.234 e. The van der Waals surface area contributed by atoms with E-state index in [2.05, 4.69) is 0 Å². The molecule has 0 unspecified atom stereocenters. The zero-order valence-corrected chi connectivity index (χ0v) is 9.99. The second kappa shape index (κ2) is 5.45. The largest absolute Gasteiger partial charge is 0.312 e. The Labute approximate surface area is 96.1 Å². The Hall–Kier alpha value is -1.64. The lowest BCUT2D eigenvalue weighted by atomic mass is 10.1. The number of rotatable bonds is 4. The molecule has 3 nitrogen and oxygen atoms in total. The number of amides is 1. The van der Waals surface area contributed by atoms with Gasteiger partial charge in [0.05, 0.1) is 6.42 Å². The molecule has 1 amide bonds. The minimum atomic E-state index is -0.135. The van der Waals surface area contributed by atoms with Gasteiger partial charge < -0.3 is 4.90 Å². The lowest BCUT2D eigenvalue weighted by Crippen LogP contribution is -2.32. The van der Waals surface area contributed by atoms with E-state index < -0.39 is 0 Å². The molecule has 0 atom stereocenters. The van der Waals surface area contributed by atoms with Gasteiger partial charge in [0.25, 0.3) is 0 Å². The molecule has 86 valence electrons. The molecule has 1 rings (SSSR count). The van der Waals surface area contributed by atoms with Gasteiger partial charge in [-0.1, -0.05) is 18.2 Å². The molecule has 1 aromatic carbocycles. The molecular formula is C13H17NO2. The van der Waals surface area contributed by atoms with E-state index in [4.69, 9.17) is 0 Å². The molecule has 16 heavy (non-hydrogen) atoms. The molecule has 0 bridgehead atoms. The summed E-state index contributed by atoms with van der Waals surface area (Å²) in [5.41, 5.74) is 1.93. The van der Waals surface area contributed by atoms with Gasteiger partial charge in [0, 0.05) is 12.2 Å². The monoisotopic (exact) mass is 219 g/mol. The van der Waals surface area contributed by atoms with Crippen LogP contribution < -0.4 is 4.90 Å². The first kappa shape index (κ1) is 12.4. The number of aryl methyl sites for hydroxylation is 1. The molecule has 3 heteroatoms. The molecule has 0 aliphatic rings. The second-order valence-electron chi connectivity index (χ2n) is 3.80. The van der Waals surface area contributed by atoms with Crippen molar-refractivity contribution in [3.8, 4) is 0 Å². The first-order valence-electron chi connectivity index (χ1n) is 5.41. The number of nitrogens with zero attached hydrogens (tertiary/aromatic N) is 1. The third kappa shape index (κ3) is 2.92. The van der Waals surface area contributed by atoms with Crippen molar-refractivity contribution in [1.82, 2.24) is 0 Å². The molecule has 0 aliphatic heterocycles. The van der Waals surface area contributed by atoms with Crippen molar-refractivity contribution in [2.24, 2.45) is 0 Å². The summed E-state index contributed by atoms with van der Waals surface area (Å²) < 4.78 is 0. The fourth-order valence-corrected chi connectivity index (χ4v) is 1.66. The maximum Gasteiger partial charge on any atom is 0.234 e. The van der Waals surface area contributed by atoms with Gasteiger partial charge in [-0.2, -0.15) is 0 Å². The first-order valence-corrected chi connectivity index (χ1v) is 5.41. The van der Waals surface area contributed by atoms with Gasteiger partial charge in [0.2, 0.25) is 5.91 Å². The summed E-state index contributed by atoms with van der Waals surface area (Å²) >= 11 is 0. The van der Waals surface area contributed by atoms with E-state index in [-0.39, 0.29) is 18.1 Å². The first-order chi connectivity index (χ1) is 7.56. The van der Waals surface area contributed by atoms with Gasteiger partial charge in [0.15, 0.2) is 0 Å². The molecule has 0 N–H and O–H groups in total. The van der Waals surface area contributed by atoms with Crippen LogP contribution in [0.2, 0.25) is 0 Å². The summed E-state index contributed by atoms with van der Waals surface area (Å²) in [5.74, 6) is -0.235. The van der Waals surface area contributed by atoms with E-state index >= 15 is 0 Å². The maximum atomic E-state index is 11.8. The fourth-order valence-electron chi connectivity index (χ4n) is 1.66. The highest BCUT2D eigenvalue weighted by molar-refractivity contribution is 6.05. The van der Waals surface area contributed by atoms with Crippen molar-refractivity contribution in [3.05, 3.63) is 29.8 Å². The SMILES string of the molecule is CCN(C(=O)CC(C)=O)c1ccccc1C. The van der Waals surface area contributed by atoms with Crippen LogP contribution in [0.5, 0.6) is 0 Å². The quantitative estimate of drug-likeness (QED) is 0.729. The van der Waals surface area contributed by atoms with E-state index in [1.54, 1.807) is 4.90 Å². The summed E-state index contributed by atoms with van der Waals surface area (Å²) in [5, 5.41) is 0. The molecule has 0 fully saturated rings. The second-order valence-corrected chi connectivity index (χ2v) is 3.80. The normalized spacial score (nSPS) is 9.94. The van der Waals surface area contributed by atoms with E-state index in [9.17, 15) is 9.59 Å². The number of benzene rings is 1. The highest BCUT2D eigenvalue weighted by Gasteiger charge is 2.16. The topological polar surface area (TPSA) is 37.4 Å². The average Bonchev–Trinajstić information content (AvgIpc) is 2.20. The van der Waals surface area contributed by atoms with Crippen LogP contribution in [0, 0.1) is 6.92 Å². The molecule has 1 aromatic rings. The Bertz CT molecular complexity index is 399. The zero-order valence-electron chi connectivity index (χ0n) is 9.99. The lowest BCUT2D eigenvalue weighted by Gasteiger charge is -2.22. The summed E-state index contributed by atoms with van der Waals surface area (Å²) in [6, 6.07) is 7.68. The standard InChI is InChI=1S/C13H17NO2/c1-4-14(13(16)9-11(3)15)12-8-6-5-7-10(12)2/h5-8H,4,9H2,1-3H3. The lowest BCUT2D eigenvalue weighted by molar-refractivity contribution is -0.125. The number of carbonyl (C=O) groups is 2. The molecule has 0 aliphatic carbocycles. The Morgan fingerprint density at radius 3 is 2.38 bits per heavy atom. The van der Waals surface area contributed by atoms with Crippen molar-refractivity contribution in [2.45, 2.75) is 27.2 Å². The highest BCUT2D eigenvalue weighted by Crippen LogP contribution is 2.19. The van der Waals surface area contributed by atoms with Crippen LogP contribution >= 0.6 is 0 Å². The molecule has 0 spiro atoms. The molecule has 0 saturated heterocycles. The van der Waals surface area contributed by atoms with Gasteiger partial charge in [-0.05, 0) is 32.4 Å². The summed E-state index contributed by atoms with van der Waals surface area (Å²) in [6.45, 7) is 5.88. The molecule has 0 saturated carbocycles. The molecule has 0 heterocycles. The number of anilines is 1. The van der Waals surface area contributed by atoms with E-state index in [1.807, 2.05) is 38.1 Å². The number of carbonyl (C=O) groups excluding carboxylic acids is 2. The average molecular weight is 219 g/mol. The third-order valence-electron chi connectivity index (χ3n) is 2.42. The number of hydrogen-bond donors (Lipinski definition) is 0. The number of Topliss-reactive ketones (excluding diaryl/α,β-unsaturated/α-hetero) is 1. The Morgan fingerprint density at radius 1 is 1.25 bits per heavy atom. The van der Waals surface area contributed by atoms with Crippen molar-refractivity contribution in [3.63, 3.8) is 0 Å². The minimum absolute atomic E-state index is 0.0256. The molecule has 0 radical (unpaired) electrons. The van der Waals surface area contributed by atoms with Gasteiger partial charge in [-0.3, -0.25) is 9.59 Å².